The molecule has 0 N–H and O–H groups in total. The zero-order chi connectivity index (χ0) is 14.2. The van der Waals surface area contributed by atoms with Crippen LogP contribution in [0.5, 0.6) is 0 Å². The van der Waals surface area contributed by atoms with Crippen LogP contribution >= 0.6 is 0 Å². The summed E-state index contributed by atoms with van der Waals surface area (Å²) in [6.45, 7) is 2.35. The average molecular weight is 272 g/mol. The lowest BCUT2D eigenvalue weighted by Crippen LogP contribution is -2.37. The maximum Gasteiger partial charge on any atom is -0.0140 e. The van der Waals surface area contributed by atoms with Crippen LogP contribution in [0.25, 0.3) is 23.8 Å². The number of hydrogen-bond acceptors (Lipinski definition) is 0. The van der Waals surface area contributed by atoms with Crippen LogP contribution in [0.2, 0.25) is 0 Å². The van der Waals surface area contributed by atoms with Gasteiger partial charge in [0, 0.05) is 0 Å². The molecule has 0 heterocycles. The van der Waals surface area contributed by atoms with Gasteiger partial charge in [-0.15, -0.1) is 0 Å². The summed E-state index contributed by atoms with van der Waals surface area (Å²) in [5.41, 5.74) is 2.97. The van der Waals surface area contributed by atoms with E-state index in [1.807, 2.05) is 0 Å². The Morgan fingerprint density at radius 1 is 0.810 bits per heavy atom. The summed E-state index contributed by atoms with van der Waals surface area (Å²) >= 11 is 0. The summed E-state index contributed by atoms with van der Waals surface area (Å²) in [7, 11) is 0. The van der Waals surface area contributed by atoms with E-state index < -0.39 is 0 Å². The van der Waals surface area contributed by atoms with Crippen molar-refractivity contribution in [3.05, 3.63) is 68.9 Å². The molecule has 0 nitrogen and oxygen atoms in total. The van der Waals surface area contributed by atoms with Crippen molar-refractivity contribution in [2.75, 3.05) is 0 Å². The predicted molar refractivity (Wildman–Crippen MR) is 90.3 cm³/mol. The van der Waals surface area contributed by atoms with Gasteiger partial charge >= 0.3 is 0 Å². The zero-order valence-corrected chi connectivity index (χ0v) is 12.5. The molecular weight excluding hydrogens is 252 g/mol. The minimum Gasteiger partial charge on any atom is -0.0763 e. The van der Waals surface area contributed by atoms with Gasteiger partial charge in [0.15, 0.2) is 0 Å². The summed E-state index contributed by atoms with van der Waals surface area (Å²) in [5.74, 6) is 0.585. The monoisotopic (exact) mass is 272 g/mol. The van der Waals surface area contributed by atoms with Crippen molar-refractivity contribution in [1.82, 2.24) is 0 Å². The molecule has 2 aliphatic carbocycles. The highest BCUT2D eigenvalue weighted by molar-refractivity contribution is 5.71. The second-order valence-corrected chi connectivity index (χ2v) is 6.14. The van der Waals surface area contributed by atoms with E-state index in [0.29, 0.717) is 5.92 Å². The maximum atomic E-state index is 2.42. The largest absolute Gasteiger partial charge is 0.0763 e. The number of hydrogen-bond donors (Lipinski definition) is 0. The number of rotatable bonds is 1. The zero-order valence-electron chi connectivity index (χ0n) is 12.5. The van der Waals surface area contributed by atoms with Crippen LogP contribution in [0.3, 0.4) is 0 Å². The highest BCUT2D eigenvalue weighted by atomic mass is 14.2. The van der Waals surface area contributed by atoms with Gasteiger partial charge in [-0.2, -0.15) is 0 Å². The first-order valence-corrected chi connectivity index (χ1v) is 7.94. The third-order valence-corrected chi connectivity index (χ3v) is 4.74. The minimum absolute atomic E-state index is 0.585. The molecule has 0 radical (unpaired) electrons. The molecule has 0 aromatic heterocycles. The molecule has 2 aromatic rings. The second kappa shape index (κ2) is 5.04. The van der Waals surface area contributed by atoms with E-state index in [1.54, 1.807) is 0 Å². The molecular formula is C21H20. The summed E-state index contributed by atoms with van der Waals surface area (Å²) in [6, 6.07) is 15.6. The van der Waals surface area contributed by atoms with Crippen LogP contribution in [0, 0.1) is 5.92 Å². The second-order valence-electron chi connectivity index (χ2n) is 6.14. The fourth-order valence-electron chi connectivity index (χ4n) is 3.71. The Morgan fingerprint density at radius 3 is 2.57 bits per heavy atom. The molecule has 0 heteroatoms. The molecule has 0 aliphatic heterocycles. The van der Waals surface area contributed by atoms with E-state index in [4.69, 9.17) is 0 Å². The molecule has 0 spiro atoms. The Kier molecular flexibility index (Phi) is 3.03. The summed E-state index contributed by atoms with van der Waals surface area (Å²) < 4.78 is 0. The molecule has 104 valence electrons. The van der Waals surface area contributed by atoms with Crippen molar-refractivity contribution < 1.29 is 0 Å². The van der Waals surface area contributed by atoms with Crippen molar-refractivity contribution in [1.29, 1.82) is 0 Å². The van der Waals surface area contributed by atoms with Crippen LogP contribution in [0.15, 0.2) is 42.5 Å². The third-order valence-electron chi connectivity index (χ3n) is 4.74. The Hall–Kier alpha value is -2.08. The molecule has 1 unspecified atom stereocenters. The average Bonchev–Trinajstić information content (AvgIpc) is 2.54. The van der Waals surface area contributed by atoms with E-state index in [2.05, 4.69) is 67.6 Å². The molecule has 0 fully saturated rings. The first kappa shape index (κ1) is 12.6. The van der Waals surface area contributed by atoms with E-state index in [1.165, 1.54) is 44.9 Å². The Bertz CT molecular complexity index is 929. The smallest absolute Gasteiger partial charge is 0.0140 e. The highest BCUT2D eigenvalue weighted by Gasteiger charge is 2.16. The van der Waals surface area contributed by atoms with Gasteiger partial charge < -0.3 is 0 Å². The van der Waals surface area contributed by atoms with Crippen LogP contribution in [0.4, 0.5) is 0 Å². The summed E-state index contributed by atoms with van der Waals surface area (Å²) in [5, 5.41) is 5.67. The first-order chi connectivity index (χ1) is 10.3. The van der Waals surface area contributed by atoms with Gasteiger partial charge in [-0.25, -0.2) is 0 Å². The van der Waals surface area contributed by atoms with Gasteiger partial charge in [0.1, 0.15) is 0 Å². The standard InChI is InChI=1S/C21H20/c1-15-13-14-17-8-3-5-11-19(17)21(15)20-12-6-9-16-7-2-4-10-18(16)20/h3,5-12,14-15H,2,4,13H2,1H3. The van der Waals surface area contributed by atoms with Crippen molar-refractivity contribution in [2.24, 2.45) is 5.92 Å². The molecule has 2 aromatic carbocycles. The van der Waals surface area contributed by atoms with Crippen LogP contribution in [-0.4, -0.2) is 0 Å². The van der Waals surface area contributed by atoms with Gasteiger partial charge in [-0.05, 0) is 57.2 Å². The van der Waals surface area contributed by atoms with E-state index in [9.17, 15) is 0 Å². The molecule has 21 heavy (non-hydrogen) atoms. The Labute approximate surface area is 125 Å². The third kappa shape index (κ3) is 2.06. The maximum absolute atomic E-state index is 2.42. The fraction of sp³-hybridized carbons (Fsp3) is 0.238. The Morgan fingerprint density at radius 2 is 1.62 bits per heavy atom. The molecule has 2 aliphatic rings. The van der Waals surface area contributed by atoms with Crippen molar-refractivity contribution >= 4 is 23.8 Å². The predicted octanol–water partition coefficient (Wildman–Crippen LogP) is 2.06. The summed E-state index contributed by atoms with van der Waals surface area (Å²) in [6.07, 6.45) is 10.7. The molecule has 0 saturated heterocycles. The van der Waals surface area contributed by atoms with Crippen LogP contribution < -0.4 is 20.9 Å². The van der Waals surface area contributed by atoms with Gasteiger partial charge in [-0.3, -0.25) is 0 Å². The van der Waals surface area contributed by atoms with Gasteiger partial charge in [0.05, 0.1) is 0 Å². The van der Waals surface area contributed by atoms with Crippen molar-refractivity contribution in [3.8, 4) is 0 Å². The highest BCUT2D eigenvalue weighted by Crippen LogP contribution is 2.22. The number of benzene rings is 2. The lowest BCUT2D eigenvalue weighted by atomic mass is 9.84. The van der Waals surface area contributed by atoms with Gasteiger partial charge in [-0.1, -0.05) is 67.6 Å². The topological polar surface area (TPSA) is 0 Å². The summed E-state index contributed by atoms with van der Waals surface area (Å²) in [4.78, 5) is 0. The lowest BCUT2D eigenvalue weighted by molar-refractivity contribution is 0.773. The molecule has 0 bridgehead atoms. The first-order valence-electron chi connectivity index (χ1n) is 7.94. The quantitative estimate of drug-likeness (QED) is 0.745. The molecule has 0 saturated carbocycles. The molecule has 1 atom stereocenters. The minimum atomic E-state index is 0.585. The van der Waals surface area contributed by atoms with E-state index in [-0.39, 0.29) is 0 Å². The number of fused-ring (bicyclic) bond motifs is 2. The van der Waals surface area contributed by atoms with Crippen LogP contribution in [0.1, 0.15) is 31.7 Å². The van der Waals surface area contributed by atoms with E-state index >= 15 is 0 Å². The van der Waals surface area contributed by atoms with Crippen LogP contribution in [-0.2, 0) is 0 Å². The van der Waals surface area contributed by atoms with Gasteiger partial charge in [0.2, 0.25) is 0 Å². The molecule has 4 rings (SSSR count). The van der Waals surface area contributed by atoms with Crippen molar-refractivity contribution in [2.45, 2.75) is 26.2 Å². The van der Waals surface area contributed by atoms with Gasteiger partial charge in [0.25, 0.3) is 0 Å². The van der Waals surface area contributed by atoms with Crippen molar-refractivity contribution in [3.63, 3.8) is 0 Å². The Balaban J connectivity index is 2.15. The molecule has 0 amide bonds. The SMILES string of the molecule is CC1CC=c2ccccc2=C1c1cccc2c1=CCCC=2. The lowest BCUT2D eigenvalue weighted by Gasteiger charge is -2.20. The normalized spacial score (nSPS) is 19.7. The fourth-order valence-corrected chi connectivity index (χ4v) is 3.71. The van der Waals surface area contributed by atoms with E-state index in [0.717, 1.165) is 6.42 Å².